The first-order valence-electron chi connectivity index (χ1n) is 7.93. The van der Waals surface area contributed by atoms with E-state index in [9.17, 15) is 9.90 Å². The van der Waals surface area contributed by atoms with Crippen molar-refractivity contribution in [2.24, 2.45) is 5.92 Å². The van der Waals surface area contributed by atoms with Crippen molar-refractivity contribution in [3.8, 4) is 5.75 Å². The van der Waals surface area contributed by atoms with Gasteiger partial charge in [0.05, 0.1) is 0 Å². The Labute approximate surface area is 130 Å². The van der Waals surface area contributed by atoms with Crippen molar-refractivity contribution >= 4 is 17.5 Å². The quantitative estimate of drug-likeness (QED) is 0.923. The largest absolute Gasteiger partial charge is 0.508 e. The lowest BCUT2D eigenvalue weighted by atomic mass is 9.94. The van der Waals surface area contributed by atoms with E-state index < -0.39 is 0 Å². The Kier molecular flexibility index (Phi) is 4.39. The SMILES string of the molecule is O=C1C(Cc2cc(O)ccc2Cl)CCN1C1CCCCC1. The first-order chi connectivity index (χ1) is 10.1. The summed E-state index contributed by atoms with van der Waals surface area (Å²) in [5.41, 5.74) is 0.875. The zero-order chi connectivity index (χ0) is 14.8. The summed E-state index contributed by atoms with van der Waals surface area (Å²) in [7, 11) is 0. The summed E-state index contributed by atoms with van der Waals surface area (Å²) in [6.07, 6.45) is 7.66. The molecule has 1 aromatic rings. The molecule has 1 amide bonds. The standard InChI is InChI=1S/C17H22ClNO2/c18-16-7-6-15(20)11-13(16)10-12-8-9-19(17(12)21)14-4-2-1-3-5-14/h6-7,11-12,14,20H,1-5,8-10H2. The summed E-state index contributed by atoms with van der Waals surface area (Å²) in [6.45, 7) is 0.880. The van der Waals surface area contributed by atoms with E-state index in [4.69, 9.17) is 11.6 Å². The van der Waals surface area contributed by atoms with Crippen molar-refractivity contribution in [2.75, 3.05) is 6.54 Å². The topological polar surface area (TPSA) is 40.5 Å². The van der Waals surface area contributed by atoms with Crippen LogP contribution < -0.4 is 0 Å². The van der Waals surface area contributed by atoms with Gasteiger partial charge in [-0.15, -0.1) is 0 Å². The second kappa shape index (κ2) is 6.27. The van der Waals surface area contributed by atoms with Gasteiger partial charge in [0.25, 0.3) is 0 Å². The molecule has 2 fully saturated rings. The maximum absolute atomic E-state index is 12.6. The molecule has 0 spiro atoms. The lowest BCUT2D eigenvalue weighted by Gasteiger charge is -2.31. The summed E-state index contributed by atoms with van der Waals surface area (Å²) in [5, 5.41) is 10.2. The van der Waals surface area contributed by atoms with Crippen LogP contribution >= 0.6 is 11.6 Å². The van der Waals surface area contributed by atoms with Crippen LogP contribution in [-0.2, 0) is 11.2 Å². The minimum absolute atomic E-state index is 0.0197. The molecule has 1 aromatic carbocycles. The van der Waals surface area contributed by atoms with Gasteiger partial charge in [-0.05, 0) is 49.4 Å². The average Bonchev–Trinajstić information content (AvgIpc) is 2.85. The fourth-order valence-corrected chi connectivity index (χ4v) is 3.89. The van der Waals surface area contributed by atoms with Crippen LogP contribution in [0.25, 0.3) is 0 Å². The molecule has 0 radical (unpaired) electrons. The van der Waals surface area contributed by atoms with E-state index in [0.717, 1.165) is 31.4 Å². The average molecular weight is 308 g/mol. The van der Waals surface area contributed by atoms with E-state index in [1.165, 1.54) is 19.3 Å². The molecule has 1 N–H and O–H groups in total. The Balaban J connectivity index is 1.67. The van der Waals surface area contributed by atoms with E-state index in [-0.39, 0.29) is 17.6 Å². The molecule has 1 aliphatic heterocycles. The van der Waals surface area contributed by atoms with Crippen LogP contribution in [0, 0.1) is 5.92 Å². The molecule has 0 aromatic heterocycles. The highest BCUT2D eigenvalue weighted by atomic mass is 35.5. The van der Waals surface area contributed by atoms with Gasteiger partial charge in [0.15, 0.2) is 0 Å². The highest BCUT2D eigenvalue weighted by Crippen LogP contribution is 2.32. The second-order valence-electron chi connectivity index (χ2n) is 6.29. The van der Waals surface area contributed by atoms with Gasteiger partial charge >= 0.3 is 0 Å². The lowest BCUT2D eigenvalue weighted by molar-refractivity contribution is -0.133. The van der Waals surface area contributed by atoms with Gasteiger partial charge in [0.1, 0.15) is 5.75 Å². The van der Waals surface area contributed by atoms with Gasteiger partial charge in [-0.2, -0.15) is 0 Å². The molecule has 1 heterocycles. The fourth-order valence-electron chi connectivity index (χ4n) is 3.69. The molecule has 21 heavy (non-hydrogen) atoms. The van der Waals surface area contributed by atoms with Crippen molar-refractivity contribution < 1.29 is 9.90 Å². The van der Waals surface area contributed by atoms with Crippen LogP contribution in [0.2, 0.25) is 5.02 Å². The number of carbonyl (C=O) groups is 1. The van der Waals surface area contributed by atoms with Crippen LogP contribution in [0.5, 0.6) is 5.75 Å². The van der Waals surface area contributed by atoms with Gasteiger partial charge in [0, 0.05) is 23.5 Å². The highest BCUT2D eigenvalue weighted by molar-refractivity contribution is 6.31. The van der Waals surface area contributed by atoms with E-state index in [0.29, 0.717) is 17.5 Å². The van der Waals surface area contributed by atoms with Crippen LogP contribution in [0.4, 0.5) is 0 Å². The number of rotatable bonds is 3. The minimum atomic E-state index is 0.0197. The van der Waals surface area contributed by atoms with E-state index in [1.54, 1.807) is 18.2 Å². The molecule has 1 aliphatic carbocycles. The first-order valence-corrected chi connectivity index (χ1v) is 8.31. The molecule has 4 heteroatoms. The van der Waals surface area contributed by atoms with Gasteiger partial charge in [-0.1, -0.05) is 30.9 Å². The molecule has 114 valence electrons. The fraction of sp³-hybridized carbons (Fsp3) is 0.588. The van der Waals surface area contributed by atoms with Gasteiger partial charge < -0.3 is 10.0 Å². The third-order valence-electron chi connectivity index (χ3n) is 4.86. The Morgan fingerprint density at radius 3 is 2.71 bits per heavy atom. The normalized spacial score (nSPS) is 23.8. The third-order valence-corrected chi connectivity index (χ3v) is 5.23. The molecular formula is C17H22ClNO2. The molecule has 2 aliphatic rings. The second-order valence-corrected chi connectivity index (χ2v) is 6.70. The number of halogens is 1. The van der Waals surface area contributed by atoms with Crippen molar-refractivity contribution in [1.29, 1.82) is 0 Å². The van der Waals surface area contributed by atoms with Crippen LogP contribution in [0.15, 0.2) is 18.2 Å². The minimum Gasteiger partial charge on any atom is -0.508 e. The van der Waals surface area contributed by atoms with Gasteiger partial charge in [-0.3, -0.25) is 4.79 Å². The van der Waals surface area contributed by atoms with E-state index in [2.05, 4.69) is 4.90 Å². The van der Waals surface area contributed by atoms with Crippen molar-refractivity contribution in [2.45, 2.75) is 51.0 Å². The van der Waals surface area contributed by atoms with Crippen LogP contribution in [0.1, 0.15) is 44.1 Å². The number of carbonyl (C=O) groups excluding carboxylic acids is 1. The van der Waals surface area contributed by atoms with Crippen molar-refractivity contribution in [1.82, 2.24) is 4.90 Å². The number of nitrogens with zero attached hydrogens (tertiary/aromatic N) is 1. The number of aromatic hydroxyl groups is 1. The Morgan fingerprint density at radius 2 is 1.95 bits per heavy atom. The number of phenolic OH excluding ortho intramolecular Hbond substituents is 1. The first kappa shape index (κ1) is 14.7. The third kappa shape index (κ3) is 3.18. The summed E-state index contributed by atoms with van der Waals surface area (Å²) >= 11 is 6.17. The van der Waals surface area contributed by atoms with E-state index >= 15 is 0 Å². The molecule has 1 saturated heterocycles. The summed E-state index contributed by atoms with van der Waals surface area (Å²) in [5.74, 6) is 0.511. The smallest absolute Gasteiger partial charge is 0.226 e. The number of phenols is 1. The summed E-state index contributed by atoms with van der Waals surface area (Å²) in [6, 6.07) is 5.41. The Hall–Kier alpha value is -1.22. The zero-order valence-corrected chi connectivity index (χ0v) is 13.0. The number of benzene rings is 1. The zero-order valence-electron chi connectivity index (χ0n) is 12.2. The number of likely N-dealkylation sites (tertiary alicyclic amines) is 1. The van der Waals surface area contributed by atoms with E-state index in [1.807, 2.05) is 0 Å². The number of hydrogen-bond acceptors (Lipinski definition) is 2. The van der Waals surface area contributed by atoms with Gasteiger partial charge in [0.2, 0.25) is 5.91 Å². The maximum atomic E-state index is 12.6. The summed E-state index contributed by atoms with van der Waals surface area (Å²) < 4.78 is 0. The molecule has 1 saturated carbocycles. The Bertz CT molecular complexity index is 526. The van der Waals surface area contributed by atoms with Crippen molar-refractivity contribution in [3.63, 3.8) is 0 Å². The molecule has 1 atom stereocenters. The monoisotopic (exact) mass is 307 g/mol. The number of hydrogen-bond donors (Lipinski definition) is 1. The maximum Gasteiger partial charge on any atom is 0.226 e. The molecule has 3 rings (SSSR count). The molecule has 3 nitrogen and oxygen atoms in total. The van der Waals surface area contributed by atoms with Crippen LogP contribution in [0.3, 0.4) is 0 Å². The summed E-state index contributed by atoms with van der Waals surface area (Å²) in [4.78, 5) is 14.7. The Morgan fingerprint density at radius 1 is 1.19 bits per heavy atom. The molecule has 1 unspecified atom stereocenters. The lowest BCUT2D eigenvalue weighted by Crippen LogP contribution is -2.39. The molecule has 0 bridgehead atoms. The molecular weight excluding hydrogens is 286 g/mol. The van der Waals surface area contributed by atoms with Crippen LogP contribution in [-0.4, -0.2) is 28.5 Å². The van der Waals surface area contributed by atoms with Gasteiger partial charge in [-0.25, -0.2) is 0 Å². The number of amides is 1. The highest BCUT2D eigenvalue weighted by Gasteiger charge is 2.36. The predicted octanol–water partition coefficient (Wildman–Crippen LogP) is 3.77. The predicted molar refractivity (Wildman–Crippen MR) is 83.5 cm³/mol. The van der Waals surface area contributed by atoms with Crippen molar-refractivity contribution in [3.05, 3.63) is 28.8 Å².